The molecule has 0 aliphatic carbocycles. The molecule has 240 valence electrons. The minimum atomic E-state index is -0.879. The van der Waals surface area contributed by atoms with E-state index in [0.29, 0.717) is 12.1 Å². The maximum atomic E-state index is 13.5. The van der Waals surface area contributed by atoms with Crippen LogP contribution in [-0.2, 0) is 10.3 Å². The fourth-order valence-electron chi connectivity index (χ4n) is 6.22. The number of anilines is 1. The second-order valence-electron chi connectivity index (χ2n) is 11.2. The van der Waals surface area contributed by atoms with Gasteiger partial charge in [0.2, 0.25) is 0 Å². The van der Waals surface area contributed by atoms with Crippen LogP contribution in [0.25, 0.3) is 0 Å². The number of amides is 1. The summed E-state index contributed by atoms with van der Waals surface area (Å²) in [4.78, 5) is 32.6. The molecule has 47 heavy (non-hydrogen) atoms. The van der Waals surface area contributed by atoms with E-state index in [1.54, 1.807) is 50.7 Å². The summed E-state index contributed by atoms with van der Waals surface area (Å²) in [6.45, 7) is 0.352. The number of nitrogens with one attached hydrogen (secondary N) is 1. The van der Waals surface area contributed by atoms with Gasteiger partial charge in [-0.2, -0.15) is 4.98 Å². The van der Waals surface area contributed by atoms with E-state index in [9.17, 15) is 14.7 Å². The van der Waals surface area contributed by atoms with Crippen molar-refractivity contribution >= 4 is 11.7 Å². The van der Waals surface area contributed by atoms with Gasteiger partial charge >= 0.3 is 5.69 Å². The number of nitrogens with zero attached hydrogens (tertiary/aromatic N) is 3. The Labute approximate surface area is 272 Å². The largest absolute Gasteiger partial charge is 0.497 e. The highest BCUT2D eigenvalue weighted by atomic mass is 16.5. The van der Waals surface area contributed by atoms with E-state index in [1.807, 2.05) is 72.8 Å². The van der Waals surface area contributed by atoms with Gasteiger partial charge in [0.05, 0.1) is 32.5 Å². The zero-order valence-electron chi connectivity index (χ0n) is 26.2. The molecule has 6 rings (SSSR count). The summed E-state index contributed by atoms with van der Waals surface area (Å²) < 4.78 is 18.7. The molecule has 1 saturated heterocycles. The molecule has 5 aromatic rings. The van der Waals surface area contributed by atoms with Gasteiger partial charge in [-0.05, 0) is 59.2 Å². The summed E-state index contributed by atoms with van der Waals surface area (Å²) >= 11 is 0. The van der Waals surface area contributed by atoms with Crippen molar-refractivity contribution in [3.05, 3.63) is 154 Å². The third-order valence-electron chi connectivity index (χ3n) is 8.45. The lowest BCUT2D eigenvalue weighted by molar-refractivity contribution is -0.150. The normalized spacial score (nSPS) is 16.7. The van der Waals surface area contributed by atoms with Crippen LogP contribution in [0.2, 0.25) is 0 Å². The van der Waals surface area contributed by atoms with Crippen LogP contribution in [0.1, 0.15) is 33.3 Å². The fraction of sp³-hybridized carbons (Fsp3) is 0.216. The van der Waals surface area contributed by atoms with E-state index in [-0.39, 0.29) is 24.9 Å². The lowest BCUT2D eigenvalue weighted by Gasteiger charge is -2.50. The Balaban J connectivity index is 1.44. The molecule has 0 saturated carbocycles. The van der Waals surface area contributed by atoms with Crippen molar-refractivity contribution in [3.63, 3.8) is 0 Å². The SMILES string of the molecule is COc1ccc(C(c2ccccc2)(c2ccc(OC)cc2)N2C[C@@H](CO)O[C@@H](n3ccc(NC(=O)c4ccccc4)nc3=O)C2)cc1. The molecule has 0 bridgehead atoms. The quantitative estimate of drug-likeness (QED) is 0.213. The first-order valence-corrected chi connectivity index (χ1v) is 15.3. The maximum absolute atomic E-state index is 13.5. The number of carbonyl (C=O) groups is 1. The summed E-state index contributed by atoms with van der Waals surface area (Å²) in [5.74, 6) is 1.19. The van der Waals surface area contributed by atoms with Gasteiger partial charge in [0.25, 0.3) is 5.91 Å². The number of methoxy groups -OCH3 is 2. The number of hydrogen-bond donors (Lipinski definition) is 2. The minimum Gasteiger partial charge on any atom is -0.497 e. The third kappa shape index (κ3) is 6.39. The van der Waals surface area contributed by atoms with Crippen LogP contribution in [0.4, 0.5) is 5.82 Å². The van der Waals surface area contributed by atoms with Gasteiger partial charge in [0.15, 0.2) is 6.23 Å². The first kappa shape index (κ1) is 31.7. The molecule has 1 aromatic heterocycles. The van der Waals surface area contributed by atoms with E-state index in [4.69, 9.17) is 14.2 Å². The molecule has 10 heteroatoms. The third-order valence-corrected chi connectivity index (χ3v) is 8.45. The molecule has 1 amide bonds. The molecule has 10 nitrogen and oxygen atoms in total. The van der Waals surface area contributed by atoms with Crippen LogP contribution in [0.5, 0.6) is 11.5 Å². The molecule has 2 heterocycles. The van der Waals surface area contributed by atoms with Crippen LogP contribution in [0.3, 0.4) is 0 Å². The molecule has 0 spiro atoms. The minimum absolute atomic E-state index is 0.126. The number of morpholine rings is 1. The van der Waals surface area contributed by atoms with Gasteiger partial charge in [-0.15, -0.1) is 0 Å². The topological polar surface area (TPSA) is 115 Å². The fourth-order valence-corrected chi connectivity index (χ4v) is 6.22. The van der Waals surface area contributed by atoms with E-state index >= 15 is 0 Å². The Morgan fingerprint density at radius 2 is 1.38 bits per heavy atom. The number of ether oxygens (including phenoxy) is 3. The standard InChI is InChI=1S/C37H36N4O6/c1-45-30-17-13-28(14-18-30)37(27-11-7-4-8-12-27,29-15-19-31(46-2)20-16-29)40-23-32(25-42)47-34(24-40)41-22-21-33(39-36(41)44)38-35(43)26-9-5-3-6-10-26/h3-22,32,34,42H,23-25H2,1-2H3,(H,38,39,43,44)/t32-,34+/m0/s1. The van der Waals surface area contributed by atoms with Gasteiger partial charge < -0.3 is 24.6 Å². The van der Waals surface area contributed by atoms with Crippen LogP contribution in [0, 0.1) is 0 Å². The van der Waals surface area contributed by atoms with E-state index < -0.39 is 23.6 Å². The summed E-state index contributed by atoms with van der Waals surface area (Å²) in [5.41, 5.74) is 1.86. The van der Waals surface area contributed by atoms with Crippen LogP contribution in [0.15, 0.2) is 126 Å². The Hall–Kier alpha value is -5.29. The van der Waals surface area contributed by atoms with Gasteiger partial charge in [-0.25, -0.2) is 4.79 Å². The highest BCUT2D eigenvalue weighted by Gasteiger charge is 2.46. The van der Waals surface area contributed by atoms with Crippen LogP contribution < -0.4 is 20.5 Å². The summed E-state index contributed by atoms with van der Waals surface area (Å²) in [5, 5.41) is 13.2. The highest BCUT2D eigenvalue weighted by molar-refractivity contribution is 6.03. The number of aliphatic hydroxyl groups is 1. The smallest absolute Gasteiger partial charge is 0.351 e. The van der Waals surface area contributed by atoms with Crippen molar-refractivity contribution in [2.24, 2.45) is 0 Å². The maximum Gasteiger partial charge on any atom is 0.351 e. The van der Waals surface area contributed by atoms with E-state index in [1.165, 1.54) is 4.57 Å². The number of carbonyl (C=O) groups excluding carboxylic acids is 1. The Morgan fingerprint density at radius 1 is 0.830 bits per heavy atom. The molecule has 1 fully saturated rings. The Bertz CT molecular complexity index is 1800. The van der Waals surface area contributed by atoms with Crippen molar-refractivity contribution in [2.75, 3.05) is 39.2 Å². The lowest BCUT2D eigenvalue weighted by Crippen LogP contribution is -2.58. The number of hydrogen-bond acceptors (Lipinski definition) is 8. The van der Waals surface area contributed by atoms with Crippen molar-refractivity contribution in [1.82, 2.24) is 14.5 Å². The highest BCUT2D eigenvalue weighted by Crippen LogP contribution is 2.45. The van der Waals surface area contributed by atoms with Crippen molar-refractivity contribution in [3.8, 4) is 11.5 Å². The molecule has 2 atom stereocenters. The molecule has 1 aliphatic heterocycles. The van der Waals surface area contributed by atoms with Crippen molar-refractivity contribution in [2.45, 2.75) is 17.9 Å². The summed E-state index contributed by atoms with van der Waals surface area (Å²) in [7, 11) is 3.26. The molecule has 1 aliphatic rings. The Morgan fingerprint density at radius 3 is 1.91 bits per heavy atom. The molecular formula is C37H36N4O6. The predicted molar refractivity (Wildman–Crippen MR) is 178 cm³/mol. The van der Waals surface area contributed by atoms with Crippen LogP contribution >= 0.6 is 0 Å². The average Bonchev–Trinajstić information content (AvgIpc) is 3.13. The second kappa shape index (κ2) is 14.0. The first-order valence-electron chi connectivity index (χ1n) is 15.3. The molecular weight excluding hydrogens is 596 g/mol. The monoisotopic (exact) mass is 632 g/mol. The molecule has 0 radical (unpaired) electrons. The van der Waals surface area contributed by atoms with Gasteiger partial charge in [0.1, 0.15) is 17.3 Å². The molecule has 2 N–H and O–H groups in total. The number of aromatic nitrogens is 2. The van der Waals surface area contributed by atoms with E-state index in [2.05, 4.69) is 27.3 Å². The Kier molecular flexibility index (Phi) is 9.44. The first-order chi connectivity index (χ1) is 23.0. The van der Waals surface area contributed by atoms with Gasteiger partial charge in [-0.3, -0.25) is 14.3 Å². The van der Waals surface area contributed by atoms with Crippen molar-refractivity contribution < 1.29 is 24.1 Å². The zero-order valence-corrected chi connectivity index (χ0v) is 26.2. The summed E-state index contributed by atoms with van der Waals surface area (Å²) in [6.07, 6.45) is 0.126. The average molecular weight is 633 g/mol. The van der Waals surface area contributed by atoms with Crippen molar-refractivity contribution in [1.29, 1.82) is 0 Å². The number of aliphatic hydroxyl groups excluding tert-OH is 1. The number of benzene rings is 4. The van der Waals surface area contributed by atoms with Crippen LogP contribution in [-0.4, -0.2) is 65.5 Å². The van der Waals surface area contributed by atoms with Gasteiger partial charge in [-0.1, -0.05) is 72.8 Å². The molecule has 4 aromatic carbocycles. The van der Waals surface area contributed by atoms with Gasteiger partial charge in [0, 0.05) is 24.8 Å². The molecule has 0 unspecified atom stereocenters. The number of rotatable bonds is 10. The predicted octanol–water partition coefficient (Wildman–Crippen LogP) is 4.70. The second-order valence-corrected chi connectivity index (χ2v) is 11.2. The lowest BCUT2D eigenvalue weighted by atomic mass is 9.75. The van der Waals surface area contributed by atoms with E-state index in [0.717, 1.165) is 28.2 Å². The zero-order chi connectivity index (χ0) is 32.8. The summed E-state index contributed by atoms with van der Waals surface area (Å²) in [6, 6.07) is 36.2.